The molecule has 2 aliphatic rings. The largest absolute Gasteiger partial charge is 0.490 e. The van der Waals surface area contributed by atoms with Crippen LogP contribution < -0.4 is 20.5 Å². The van der Waals surface area contributed by atoms with Crippen molar-refractivity contribution < 1.29 is 14.3 Å². The third-order valence-corrected chi connectivity index (χ3v) is 4.44. The number of benzene rings is 1. The zero-order valence-corrected chi connectivity index (χ0v) is 12.2. The predicted molar refractivity (Wildman–Crippen MR) is 80.6 cm³/mol. The Balaban J connectivity index is 1.75. The molecule has 21 heavy (non-hydrogen) atoms. The van der Waals surface area contributed by atoms with Crippen molar-refractivity contribution in [2.75, 3.05) is 25.1 Å². The molecule has 1 aromatic carbocycles. The average molecular weight is 290 g/mol. The summed E-state index contributed by atoms with van der Waals surface area (Å²) in [5.41, 5.74) is 6.19. The van der Waals surface area contributed by atoms with Crippen LogP contribution in [0.4, 0.5) is 5.69 Å². The van der Waals surface area contributed by atoms with E-state index in [9.17, 15) is 4.79 Å². The maximum absolute atomic E-state index is 12.5. The number of anilines is 1. The lowest BCUT2D eigenvalue weighted by Crippen LogP contribution is -2.40. The molecule has 3 N–H and O–H groups in total. The first-order valence-electron chi connectivity index (χ1n) is 7.65. The summed E-state index contributed by atoms with van der Waals surface area (Å²) in [5, 5.41) is 2.99. The number of fused-ring (bicyclic) bond motifs is 1. The molecule has 1 fully saturated rings. The summed E-state index contributed by atoms with van der Waals surface area (Å²) >= 11 is 0. The second kappa shape index (κ2) is 5.93. The molecule has 0 spiro atoms. The summed E-state index contributed by atoms with van der Waals surface area (Å²) in [6.07, 6.45) is 4.77. The highest BCUT2D eigenvalue weighted by molar-refractivity contribution is 5.96. The standard InChI is InChI=1S/C16H22N2O3/c17-11-16(6-1-2-7-16)15(19)18-12-4-5-13-14(10-12)21-9-3-8-20-13/h4-5,10H,1-3,6-9,11,17H2,(H,18,19). The molecule has 0 aromatic heterocycles. The van der Waals surface area contributed by atoms with Crippen LogP contribution in [-0.2, 0) is 4.79 Å². The molecule has 0 unspecified atom stereocenters. The van der Waals surface area contributed by atoms with Gasteiger partial charge in [-0.3, -0.25) is 4.79 Å². The monoisotopic (exact) mass is 290 g/mol. The van der Waals surface area contributed by atoms with Crippen LogP contribution in [0.25, 0.3) is 0 Å². The molecule has 1 heterocycles. The number of nitrogens with one attached hydrogen (secondary N) is 1. The highest BCUT2D eigenvalue weighted by Crippen LogP contribution is 2.39. The molecule has 0 atom stereocenters. The molecular formula is C16H22N2O3. The van der Waals surface area contributed by atoms with Crippen molar-refractivity contribution in [3.8, 4) is 11.5 Å². The molecule has 3 rings (SSSR count). The number of hydrogen-bond acceptors (Lipinski definition) is 4. The SMILES string of the molecule is NCC1(C(=O)Nc2ccc3c(c2)OCCCO3)CCCC1. The van der Waals surface area contributed by atoms with Gasteiger partial charge in [-0.2, -0.15) is 0 Å². The molecule has 0 radical (unpaired) electrons. The smallest absolute Gasteiger partial charge is 0.231 e. The van der Waals surface area contributed by atoms with E-state index in [1.165, 1.54) is 0 Å². The Morgan fingerprint density at radius 2 is 1.86 bits per heavy atom. The number of hydrogen-bond donors (Lipinski definition) is 2. The Hall–Kier alpha value is -1.75. The fourth-order valence-corrected chi connectivity index (χ4v) is 3.08. The topological polar surface area (TPSA) is 73.6 Å². The third kappa shape index (κ3) is 2.83. The first-order valence-corrected chi connectivity index (χ1v) is 7.65. The third-order valence-electron chi connectivity index (χ3n) is 4.44. The van der Waals surface area contributed by atoms with Crippen molar-refractivity contribution >= 4 is 11.6 Å². The van der Waals surface area contributed by atoms with Crippen LogP contribution >= 0.6 is 0 Å². The maximum Gasteiger partial charge on any atom is 0.231 e. The van der Waals surface area contributed by atoms with Gasteiger partial charge >= 0.3 is 0 Å². The van der Waals surface area contributed by atoms with Crippen molar-refractivity contribution in [3.05, 3.63) is 18.2 Å². The van der Waals surface area contributed by atoms with Gasteiger partial charge in [-0.05, 0) is 25.0 Å². The van der Waals surface area contributed by atoms with Gasteiger partial charge in [0.1, 0.15) is 0 Å². The van der Waals surface area contributed by atoms with E-state index in [2.05, 4.69) is 5.32 Å². The maximum atomic E-state index is 12.5. The van der Waals surface area contributed by atoms with E-state index < -0.39 is 5.41 Å². The van der Waals surface area contributed by atoms with E-state index in [4.69, 9.17) is 15.2 Å². The second-order valence-electron chi connectivity index (χ2n) is 5.86. The van der Waals surface area contributed by atoms with Gasteiger partial charge in [0.2, 0.25) is 5.91 Å². The van der Waals surface area contributed by atoms with Crippen LogP contribution in [-0.4, -0.2) is 25.7 Å². The summed E-state index contributed by atoms with van der Waals surface area (Å²) in [7, 11) is 0. The van der Waals surface area contributed by atoms with Crippen LogP contribution in [0.5, 0.6) is 11.5 Å². The van der Waals surface area contributed by atoms with Gasteiger partial charge in [-0.1, -0.05) is 12.8 Å². The van der Waals surface area contributed by atoms with E-state index in [-0.39, 0.29) is 5.91 Å². The number of carbonyl (C=O) groups excluding carboxylic acids is 1. The first-order chi connectivity index (χ1) is 10.2. The normalized spacial score (nSPS) is 19.9. The van der Waals surface area contributed by atoms with Crippen molar-refractivity contribution in [2.45, 2.75) is 32.1 Å². The molecular weight excluding hydrogens is 268 g/mol. The van der Waals surface area contributed by atoms with Gasteiger partial charge in [-0.25, -0.2) is 0 Å². The van der Waals surface area contributed by atoms with Gasteiger partial charge in [-0.15, -0.1) is 0 Å². The Morgan fingerprint density at radius 3 is 2.57 bits per heavy atom. The van der Waals surface area contributed by atoms with E-state index >= 15 is 0 Å². The molecule has 1 aliphatic carbocycles. The summed E-state index contributed by atoms with van der Waals surface area (Å²) in [4.78, 5) is 12.5. The molecule has 1 saturated carbocycles. The number of rotatable bonds is 3. The zero-order chi connectivity index (χ0) is 14.7. The molecule has 1 aliphatic heterocycles. The lowest BCUT2D eigenvalue weighted by Gasteiger charge is -2.25. The Kier molecular flexibility index (Phi) is 4.01. The van der Waals surface area contributed by atoms with Gasteiger partial charge in [0, 0.05) is 24.7 Å². The minimum atomic E-state index is -0.399. The minimum absolute atomic E-state index is 0.0250. The van der Waals surface area contributed by atoms with Gasteiger partial charge in [0.15, 0.2) is 11.5 Å². The first kappa shape index (κ1) is 14.2. The fraction of sp³-hybridized carbons (Fsp3) is 0.562. The van der Waals surface area contributed by atoms with Crippen molar-refractivity contribution in [1.82, 2.24) is 0 Å². The number of carbonyl (C=O) groups is 1. The van der Waals surface area contributed by atoms with E-state index in [1.807, 2.05) is 18.2 Å². The molecule has 5 heteroatoms. The van der Waals surface area contributed by atoms with Gasteiger partial charge < -0.3 is 20.5 Å². The minimum Gasteiger partial charge on any atom is -0.490 e. The lowest BCUT2D eigenvalue weighted by atomic mass is 9.85. The van der Waals surface area contributed by atoms with Crippen molar-refractivity contribution in [2.24, 2.45) is 11.1 Å². The van der Waals surface area contributed by atoms with Crippen LogP contribution in [0.15, 0.2) is 18.2 Å². The zero-order valence-electron chi connectivity index (χ0n) is 12.2. The predicted octanol–water partition coefficient (Wildman–Crippen LogP) is 2.31. The van der Waals surface area contributed by atoms with Gasteiger partial charge in [0.05, 0.1) is 18.6 Å². The van der Waals surface area contributed by atoms with Crippen LogP contribution in [0.1, 0.15) is 32.1 Å². The summed E-state index contributed by atoms with van der Waals surface area (Å²) in [5.74, 6) is 1.45. The summed E-state index contributed by atoms with van der Waals surface area (Å²) < 4.78 is 11.2. The lowest BCUT2D eigenvalue weighted by molar-refractivity contribution is -0.124. The highest BCUT2D eigenvalue weighted by Gasteiger charge is 2.39. The van der Waals surface area contributed by atoms with E-state index in [1.54, 1.807) is 0 Å². The molecule has 0 saturated heterocycles. The molecule has 5 nitrogen and oxygen atoms in total. The van der Waals surface area contributed by atoms with Crippen LogP contribution in [0.2, 0.25) is 0 Å². The quantitative estimate of drug-likeness (QED) is 0.896. The second-order valence-corrected chi connectivity index (χ2v) is 5.86. The van der Waals surface area contributed by atoms with Gasteiger partial charge in [0.25, 0.3) is 0 Å². The van der Waals surface area contributed by atoms with Crippen LogP contribution in [0.3, 0.4) is 0 Å². The Bertz CT molecular complexity index is 524. The van der Waals surface area contributed by atoms with E-state index in [0.717, 1.165) is 43.5 Å². The summed E-state index contributed by atoms with van der Waals surface area (Å²) in [6, 6.07) is 5.53. The van der Waals surface area contributed by atoms with E-state index in [0.29, 0.717) is 25.5 Å². The molecule has 114 valence electrons. The Labute approximate surface area is 124 Å². The number of ether oxygens (including phenoxy) is 2. The molecule has 0 bridgehead atoms. The highest BCUT2D eigenvalue weighted by atomic mass is 16.5. The summed E-state index contributed by atoms with van der Waals surface area (Å²) in [6.45, 7) is 1.70. The van der Waals surface area contributed by atoms with Crippen LogP contribution in [0, 0.1) is 5.41 Å². The van der Waals surface area contributed by atoms with Crippen molar-refractivity contribution in [1.29, 1.82) is 0 Å². The number of amides is 1. The number of nitrogens with two attached hydrogens (primary N) is 1. The molecule has 1 aromatic rings. The Morgan fingerprint density at radius 1 is 1.14 bits per heavy atom. The average Bonchev–Trinajstić information content (AvgIpc) is 2.88. The van der Waals surface area contributed by atoms with Crippen molar-refractivity contribution in [3.63, 3.8) is 0 Å². The molecule has 1 amide bonds. The fourth-order valence-electron chi connectivity index (χ4n) is 3.08.